The van der Waals surface area contributed by atoms with Crippen molar-refractivity contribution < 1.29 is 0 Å². The third-order valence-electron chi connectivity index (χ3n) is 3.96. The van der Waals surface area contributed by atoms with Crippen molar-refractivity contribution in [2.75, 3.05) is 19.6 Å². The molecule has 2 fully saturated rings. The van der Waals surface area contributed by atoms with Gasteiger partial charge >= 0.3 is 0 Å². The summed E-state index contributed by atoms with van der Waals surface area (Å²) in [5.41, 5.74) is 5.81. The lowest BCUT2D eigenvalue weighted by Crippen LogP contribution is -2.42. The fourth-order valence-corrected chi connectivity index (χ4v) is 2.70. The molecule has 2 atom stereocenters. The fourth-order valence-electron chi connectivity index (χ4n) is 2.70. The lowest BCUT2D eigenvalue weighted by molar-refractivity contribution is 0.159. The van der Waals surface area contributed by atoms with E-state index in [2.05, 4.69) is 11.8 Å². The molecule has 0 spiro atoms. The fraction of sp³-hybridized carbons (Fsp3) is 1.00. The summed E-state index contributed by atoms with van der Waals surface area (Å²) in [6.07, 6.45) is 5.74. The van der Waals surface area contributed by atoms with E-state index in [4.69, 9.17) is 5.73 Å². The van der Waals surface area contributed by atoms with Crippen LogP contribution in [-0.2, 0) is 0 Å². The zero-order valence-corrected chi connectivity index (χ0v) is 8.71. The van der Waals surface area contributed by atoms with Crippen LogP contribution in [0.15, 0.2) is 0 Å². The number of hydrogen-bond acceptors (Lipinski definition) is 2. The summed E-state index contributed by atoms with van der Waals surface area (Å²) >= 11 is 0. The largest absolute Gasteiger partial charge is 0.329 e. The molecule has 2 rings (SSSR count). The van der Waals surface area contributed by atoms with Gasteiger partial charge in [-0.05, 0) is 37.6 Å². The van der Waals surface area contributed by atoms with Gasteiger partial charge in [0.05, 0.1) is 0 Å². The van der Waals surface area contributed by atoms with Gasteiger partial charge in [-0.3, -0.25) is 4.90 Å². The van der Waals surface area contributed by atoms with Gasteiger partial charge in [-0.1, -0.05) is 13.3 Å². The van der Waals surface area contributed by atoms with Gasteiger partial charge in [-0.15, -0.1) is 0 Å². The predicted octanol–water partition coefficient (Wildman–Crippen LogP) is 1.46. The van der Waals surface area contributed by atoms with Crippen LogP contribution in [0.5, 0.6) is 0 Å². The number of nitrogens with zero attached hydrogens (tertiary/aromatic N) is 1. The molecule has 1 heterocycles. The Balaban J connectivity index is 1.83. The maximum atomic E-state index is 5.81. The van der Waals surface area contributed by atoms with Crippen LogP contribution in [0.1, 0.15) is 32.6 Å². The van der Waals surface area contributed by atoms with Crippen LogP contribution in [0.25, 0.3) is 0 Å². The molecule has 1 saturated heterocycles. The van der Waals surface area contributed by atoms with Gasteiger partial charge in [-0.2, -0.15) is 0 Å². The van der Waals surface area contributed by atoms with E-state index in [1.54, 1.807) is 0 Å². The molecule has 2 aliphatic rings. The molecule has 1 aliphatic carbocycles. The van der Waals surface area contributed by atoms with Crippen molar-refractivity contribution in [3.05, 3.63) is 0 Å². The van der Waals surface area contributed by atoms with E-state index in [-0.39, 0.29) is 0 Å². The molecular formula is C11H22N2. The van der Waals surface area contributed by atoms with Crippen LogP contribution in [-0.4, -0.2) is 30.6 Å². The molecule has 0 aromatic rings. The number of nitrogens with two attached hydrogens (primary N) is 1. The molecule has 0 bridgehead atoms. The molecule has 1 aliphatic heterocycles. The molecule has 2 N–H and O–H groups in total. The minimum atomic E-state index is 0.681. The Hall–Kier alpha value is -0.0800. The highest BCUT2D eigenvalue weighted by Gasteiger charge is 2.32. The quantitative estimate of drug-likeness (QED) is 0.716. The van der Waals surface area contributed by atoms with Gasteiger partial charge in [0, 0.05) is 19.1 Å². The molecular weight excluding hydrogens is 160 g/mol. The zero-order chi connectivity index (χ0) is 9.26. The Morgan fingerprint density at radius 1 is 1.31 bits per heavy atom. The molecule has 13 heavy (non-hydrogen) atoms. The Labute approximate surface area is 81.5 Å². The Morgan fingerprint density at radius 2 is 2.08 bits per heavy atom. The van der Waals surface area contributed by atoms with E-state index < -0.39 is 0 Å². The second-order valence-corrected chi connectivity index (χ2v) is 4.86. The standard InChI is InChI=1S/C11H22N2/c1-9-5-6-13(11(9)7-12)8-10-3-2-4-10/h9-11H,2-8,12H2,1H3. The molecule has 0 aromatic carbocycles. The first-order chi connectivity index (χ1) is 6.31. The van der Waals surface area contributed by atoms with Crippen molar-refractivity contribution in [2.24, 2.45) is 17.6 Å². The van der Waals surface area contributed by atoms with Gasteiger partial charge < -0.3 is 5.73 Å². The first-order valence-corrected chi connectivity index (χ1v) is 5.75. The van der Waals surface area contributed by atoms with Crippen molar-refractivity contribution in [1.29, 1.82) is 0 Å². The third kappa shape index (κ3) is 1.89. The highest BCUT2D eigenvalue weighted by Crippen LogP contribution is 2.31. The van der Waals surface area contributed by atoms with E-state index in [0.717, 1.165) is 18.4 Å². The van der Waals surface area contributed by atoms with Gasteiger partial charge in [-0.25, -0.2) is 0 Å². The number of rotatable bonds is 3. The van der Waals surface area contributed by atoms with Crippen LogP contribution >= 0.6 is 0 Å². The Kier molecular flexibility index (Phi) is 2.89. The van der Waals surface area contributed by atoms with Gasteiger partial charge in [0.2, 0.25) is 0 Å². The third-order valence-corrected chi connectivity index (χ3v) is 3.96. The minimum absolute atomic E-state index is 0.681. The monoisotopic (exact) mass is 182 g/mol. The highest BCUT2D eigenvalue weighted by atomic mass is 15.2. The smallest absolute Gasteiger partial charge is 0.0244 e. The van der Waals surface area contributed by atoms with Crippen LogP contribution in [0.4, 0.5) is 0 Å². The number of likely N-dealkylation sites (tertiary alicyclic amines) is 1. The van der Waals surface area contributed by atoms with Crippen LogP contribution < -0.4 is 5.73 Å². The average Bonchev–Trinajstić information content (AvgIpc) is 2.39. The topological polar surface area (TPSA) is 29.3 Å². The minimum Gasteiger partial charge on any atom is -0.329 e. The Morgan fingerprint density at radius 3 is 2.62 bits per heavy atom. The summed E-state index contributed by atoms with van der Waals surface area (Å²) in [6.45, 7) is 5.82. The highest BCUT2D eigenvalue weighted by molar-refractivity contribution is 4.87. The molecule has 0 aromatic heterocycles. The molecule has 2 heteroatoms. The normalized spacial score (nSPS) is 36.5. The summed E-state index contributed by atoms with van der Waals surface area (Å²) in [5, 5.41) is 0. The van der Waals surface area contributed by atoms with E-state index in [0.29, 0.717) is 6.04 Å². The molecule has 2 nitrogen and oxygen atoms in total. The second kappa shape index (κ2) is 3.97. The van der Waals surface area contributed by atoms with E-state index in [1.165, 1.54) is 38.8 Å². The molecule has 0 amide bonds. The van der Waals surface area contributed by atoms with E-state index >= 15 is 0 Å². The first-order valence-electron chi connectivity index (χ1n) is 5.75. The van der Waals surface area contributed by atoms with Gasteiger partial charge in [0.15, 0.2) is 0 Å². The lowest BCUT2D eigenvalue weighted by Gasteiger charge is -2.33. The van der Waals surface area contributed by atoms with Gasteiger partial charge in [0.1, 0.15) is 0 Å². The zero-order valence-electron chi connectivity index (χ0n) is 8.71. The summed E-state index contributed by atoms with van der Waals surface area (Å²) in [7, 11) is 0. The maximum absolute atomic E-state index is 5.81. The lowest BCUT2D eigenvalue weighted by atomic mass is 9.85. The Bertz CT molecular complexity index is 165. The van der Waals surface area contributed by atoms with Crippen molar-refractivity contribution in [2.45, 2.75) is 38.6 Å². The molecule has 0 radical (unpaired) electrons. The molecule has 1 saturated carbocycles. The molecule has 2 unspecified atom stereocenters. The first kappa shape index (κ1) is 9.47. The van der Waals surface area contributed by atoms with E-state index in [1.807, 2.05) is 0 Å². The van der Waals surface area contributed by atoms with Crippen molar-refractivity contribution >= 4 is 0 Å². The van der Waals surface area contributed by atoms with Crippen LogP contribution in [0.2, 0.25) is 0 Å². The maximum Gasteiger partial charge on any atom is 0.0244 e. The summed E-state index contributed by atoms with van der Waals surface area (Å²) in [5.74, 6) is 1.82. The van der Waals surface area contributed by atoms with E-state index in [9.17, 15) is 0 Å². The average molecular weight is 182 g/mol. The summed E-state index contributed by atoms with van der Waals surface area (Å²) in [6, 6.07) is 0.681. The molecule has 76 valence electrons. The van der Waals surface area contributed by atoms with Crippen molar-refractivity contribution in [1.82, 2.24) is 4.90 Å². The summed E-state index contributed by atoms with van der Waals surface area (Å²) < 4.78 is 0. The van der Waals surface area contributed by atoms with Crippen molar-refractivity contribution in [3.8, 4) is 0 Å². The summed E-state index contributed by atoms with van der Waals surface area (Å²) in [4.78, 5) is 2.63. The van der Waals surface area contributed by atoms with Crippen LogP contribution in [0, 0.1) is 11.8 Å². The SMILES string of the molecule is CC1CCN(CC2CCC2)C1CN. The van der Waals surface area contributed by atoms with Crippen molar-refractivity contribution in [3.63, 3.8) is 0 Å². The number of hydrogen-bond donors (Lipinski definition) is 1. The predicted molar refractivity (Wildman–Crippen MR) is 55.5 cm³/mol. The van der Waals surface area contributed by atoms with Gasteiger partial charge in [0.25, 0.3) is 0 Å². The second-order valence-electron chi connectivity index (χ2n) is 4.86. The van der Waals surface area contributed by atoms with Crippen LogP contribution in [0.3, 0.4) is 0 Å².